The summed E-state index contributed by atoms with van der Waals surface area (Å²) in [5.41, 5.74) is 1.42. The molecule has 0 aromatic rings. The van der Waals surface area contributed by atoms with Crippen molar-refractivity contribution in [2.24, 2.45) is 5.41 Å². The Balaban J connectivity index is 4.12. The summed E-state index contributed by atoms with van der Waals surface area (Å²) >= 11 is 0. The fraction of sp³-hybridized carbons (Fsp3) is 0.545. The first-order valence-corrected chi connectivity index (χ1v) is 4.24. The normalized spacial score (nSPS) is 11.7. The van der Waals surface area contributed by atoms with Crippen LogP contribution in [0.2, 0.25) is 0 Å². The van der Waals surface area contributed by atoms with Crippen molar-refractivity contribution in [1.82, 2.24) is 0 Å². The lowest BCUT2D eigenvalue weighted by atomic mass is 9.88. The molecule has 0 saturated heterocycles. The highest BCUT2D eigenvalue weighted by molar-refractivity contribution is 5.64. The highest BCUT2D eigenvalue weighted by Gasteiger charge is 2.10. The summed E-state index contributed by atoms with van der Waals surface area (Å²) < 4.78 is 0. The maximum Gasteiger partial charge on any atom is 0.142 e. The molecule has 0 heterocycles. The number of carbonyl (C=O) groups excluding carboxylic acids is 1. The predicted molar refractivity (Wildman–Crippen MR) is 53.0 cm³/mol. The minimum Gasteiger partial charge on any atom is -0.299 e. The molecule has 1 heteroatoms. The van der Waals surface area contributed by atoms with Gasteiger partial charge in [-0.15, -0.1) is 0 Å². The van der Waals surface area contributed by atoms with Gasteiger partial charge in [-0.25, -0.2) is 0 Å². The molecule has 68 valence electrons. The van der Waals surface area contributed by atoms with E-state index < -0.39 is 0 Å². The Hall–Kier alpha value is -0.850. The van der Waals surface area contributed by atoms with Crippen molar-refractivity contribution >= 4 is 6.29 Å². The molecule has 0 bridgehead atoms. The van der Waals surface area contributed by atoms with Gasteiger partial charge in [-0.3, -0.25) is 4.79 Å². The lowest BCUT2D eigenvalue weighted by Crippen LogP contribution is -2.05. The van der Waals surface area contributed by atoms with Gasteiger partial charge in [-0.1, -0.05) is 31.6 Å². The van der Waals surface area contributed by atoms with Gasteiger partial charge in [0.15, 0.2) is 0 Å². The zero-order valence-corrected chi connectivity index (χ0v) is 8.42. The lowest BCUT2D eigenvalue weighted by Gasteiger charge is -2.17. The van der Waals surface area contributed by atoms with Gasteiger partial charge in [0, 0.05) is 0 Å². The van der Waals surface area contributed by atoms with E-state index in [9.17, 15) is 4.79 Å². The van der Waals surface area contributed by atoms with Gasteiger partial charge < -0.3 is 0 Å². The van der Waals surface area contributed by atoms with Crippen LogP contribution in [-0.2, 0) is 4.79 Å². The number of hydrogen-bond donors (Lipinski definition) is 0. The molecule has 0 spiro atoms. The average molecular weight is 166 g/mol. The quantitative estimate of drug-likeness (QED) is 0.356. The van der Waals surface area contributed by atoms with Crippen LogP contribution in [0.1, 0.15) is 34.1 Å². The van der Waals surface area contributed by atoms with Gasteiger partial charge in [-0.05, 0) is 31.8 Å². The smallest absolute Gasteiger partial charge is 0.142 e. The van der Waals surface area contributed by atoms with Crippen molar-refractivity contribution in [2.45, 2.75) is 34.1 Å². The second-order valence-corrected chi connectivity index (χ2v) is 3.97. The molecule has 0 aromatic carbocycles. The molecule has 0 N–H and O–H groups in total. The number of hydrogen-bond acceptors (Lipinski definition) is 1. The Bertz CT molecular complexity index is 193. The van der Waals surface area contributed by atoms with Crippen LogP contribution in [0.4, 0.5) is 0 Å². The zero-order valence-electron chi connectivity index (χ0n) is 8.42. The topological polar surface area (TPSA) is 17.1 Å². The van der Waals surface area contributed by atoms with E-state index in [-0.39, 0.29) is 5.41 Å². The zero-order chi connectivity index (χ0) is 9.61. The second-order valence-electron chi connectivity index (χ2n) is 3.97. The third-order valence-corrected chi connectivity index (χ3v) is 1.66. The lowest BCUT2D eigenvalue weighted by molar-refractivity contribution is -0.104. The fourth-order valence-electron chi connectivity index (χ4n) is 0.835. The Kier molecular flexibility index (Phi) is 4.57. The van der Waals surface area contributed by atoms with Crippen LogP contribution in [-0.4, -0.2) is 6.29 Å². The summed E-state index contributed by atoms with van der Waals surface area (Å²) in [5.74, 6) is 0. The van der Waals surface area contributed by atoms with E-state index in [0.29, 0.717) is 0 Å². The minimum atomic E-state index is 0.0954. The molecule has 0 unspecified atom stereocenters. The van der Waals surface area contributed by atoms with E-state index in [4.69, 9.17) is 0 Å². The number of aldehydes is 1. The van der Waals surface area contributed by atoms with E-state index in [1.54, 1.807) is 6.08 Å². The summed E-state index contributed by atoms with van der Waals surface area (Å²) in [7, 11) is 0. The van der Waals surface area contributed by atoms with Crippen LogP contribution in [0.5, 0.6) is 0 Å². The average Bonchev–Trinajstić information content (AvgIpc) is 1.98. The molecule has 1 nitrogen and oxygen atoms in total. The van der Waals surface area contributed by atoms with Crippen molar-refractivity contribution in [1.29, 1.82) is 0 Å². The maximum absolute atomic E-state index is 10.1. The van der Waals surface area contributed by atoms with E-state index in [1.165, 1.54) is 5.57 Å². The molecule has 0 atom stereocenters. The Labute approximate surface area is 75.2 Å². The Morgan fingerprint density at radius 3 is 2.33 bits per heavy atom. The largest absolute Gasteiger partial charge is 0.299 e. The van der Waals surface area contributed by atoms with Gasteiger partial charge >= 0.3 is 0 Å². The fourth-order valence-corrected chi connectivity index (χ4v) is 0.835. The second kappa shape index (κ2) is 4.91. The third kappa shape index (κ3) is 5.90. The summed E-state index contributed by atoms with van der Waals surface area (Å²) in [6.07, 6.45) is 7.51. The molecule has 0 rings (SSSR count). The maximum atomic E-state index is 10.1. The van der Waals surface area contributed by atoms with Crippen molar-refractivity contribution in [3.05, 3.63) is 23.8 Å². The SMILES string of the molecule is CC(C)=CCC(C)(C)/C=C\C=O. The van der Waals surface area contributed by atoms with Crippen molar-refractivity contribution in [2.75, 3.05) is 0 Å². The van der Waals surface area contributed by atoms with Gasteiger partial charge in [-0.2, -0.15) is 0 Å². The number of allylic oxidation sites excluding steroid dienone is 4. The summed E-state index contributed by atoms with van der Waals surface area (Å²) in [4.78, 5) is 10.1. The minimum absolute atomic E-state index is 0.0954. The molecular weight excluding hydrogens is 148 g/mol. The summed E-state index contributed by atoms with van der Waals surface area (Å²) in [6, 6.07) is 0. The Morgan fingerprint density at radius 2 is 1.92 bits per heavy atom. The first-order chi connectivity index (χ1) is 5.48. The van der Waals surface area contributed by atoms with E-state index in [0.717, 1.165) is 12.7 Å². The molecule has 0 amide bonds. The molecule has 0 aromatic heterocycles. The van der Waals surface area contributed by atoms with Crippen molar-refractivity contribution < 1.29 is 4.79 Å². The van der Waals surface area contributed by atoms with Crippen LogP contribution in [0.3, 0.4) is 0 Å². The number of rotatable bonds is 4. The molecule has 0 aliphatic heterocycles. The van der Waals surface area contributed by atoms with Crippen LogP contribution < -0.4 is 0 Å². The predicted octanol–water partition coefficient (Wildman–Crippen LogP) is 3.12. The highest BCUT2D eigenvalue weighted by atomic mass is 16.1. The van der Waals surface area contributed by atoms with Crippen LogP contribution >= 0.6 is 0 Å². The van der Waals surface area contributed by atoms with Crippen LogP contribution in [0.25, 0.3) is 0 Å². The summed E-state index contributed by atoms with van der Waals surface area (Å²) in [5, 5.41) is 0. The highest BCUT2D eigenvalue weighted by Crippen LogP contribution is 2.22. The standard InChI is InChI=1S/C11H18O/c1-10(2)6-8-11(3,4)7-5-9-12/h5-7,9H,8H2,1-4H3/b7-5-. The monoisotopic (exact) mass is 166 g/mol. The first-order valence-electron chi connectivity index (χ1n) is 4.24. The van der Waals surface area contributed by atoms with Crippen molar-refractivity contribution in [3.8, 4) is 0 Å². The third-order valence-electron chi connectivity index (χ3n) is 1.66. The molecule has 0 saturated carbocycles. The first kappa shape index (κ1) is 11.2. The van der Waals surface area contributed by atoms with Gasteiger partial charge in [0.2, 0.25) is 0 Å². The van der Waals surface area contributed by atoms with Crippen molar-refractivity contribution in [3.63, 3.8) is 0 Å². The van der Waals surface area contributed by atoms with Crippen LogP contribution in [0, 0.1) is 5.41 Å². The van der Waals surface area contributed by atoms with Gasteiger partial charge in [0.1, 0.15) is 6.29 Å². The van der Waals surface area contributed by atoms with E-state index >= 15 is 0 Å². The molecule has 0 aliphatic rings. The van der Waals surface area contributed by atoms with E-state index in [2.05, 4.69) is 33.8 Å². The molecule has 0 fully saturated rings. The van der Waals surface area contributed by atoms with Gasteiger partial charge in [0.25, 0.3) is 0 Å². The van der Waals surface area contributed by atoms with Crippen LogP contribution in [0.15, 0.2) is 23.8 Å². The Morgan fingerprint density at radius 1 is 1.33 bits per heavy atom. The number of carbonyl (C=O) groups is 1. The molecule has 0 radical (unpaired) electrons. The summed E-state index contributed by atoms with van der Waals surface area (Å²) in [6.45, 7) is 8.40. The van der Waals surface area contributed by atoms with Gasteiger partial charge in [0.05, 0.1) is 0 Å². The van der Waals surface area contributed by atoms with E-state index in [1.807, 2.05) is 6.08 Å². The molecular formula is C11H18O. The molecule has 0 aliphatic carbocycles. The molecule has 12 heavy (non-hydrogen) atoms.